The maximum Gasteiger partial charge on any atom is 0.120 e. The average Bonchev–Trinajstić information content (AvgIpc) is 3.29. The number of ether oxygens (including phenoxy) is 1. The molecule has 2 heterocycles. The van der Waals surface area contributed by atoms with Gasteiger partial charge in [0.25, 0.3) is 0 Å². The van der Waals surface area contributed by atoms with E-state index in [4.69, 9.17) is 4.74 Å². The molecule has 0 spiro atoms. The molecule has 0 amide bonds. The lowest BCUT2D eigenvalue weighted by molar-refractivity contribution is 0.306. The van der Waals surface area contributed by atoms with Crippen molar-refractivity contribution in [3.05, 3.63) is 130 Å². The third-order valence-corrected chi connectivity index (χ3v) is 8.11. The molecule has 4 aromatic rings. The Bertz CT molecular complexity index is 1380. The molecule has 0 bridgehead atoms. The second-order valence-corrected chi connectivity index (χ2v) is 11.1. The Kier molecular flexibility index (Phi) is 11.3. The molecule has 3 N–H and O–H groups in total. The van der Waals surface area contributed by atoms with Crippen molar-refractivity contribution < 1.29 is 9.84 Å². The van der Waals surface area contributed by atoms with Gasteiger partial charge in [-0.25, -0.2) is 0 Å². The van der Waals surface area contributed by atoms with Gasteiger partial charge in [0.1, 0.15) is 18.1 Å². The maximum atomic E-state index is 10.3. The van der Waals surface area contributed by atoms with Gasteiger partial charge in [-0.3, -0.25) is 0 Å². The van der Waals surface area contributed by atoms with Gasteiger partial charge in [-0.2, -0.15) is 0 Å². The molecule has 0 unspecified atom stereocenters. The van der Waals surface area contributed by atoms with Crippen LogP contribution in [0.15, 0.2) is 91.0 Å². The number of aromatic hydroxyl groups is 1. The van der Waals surface area contributed by atoms with Crippen LogP contribution in [0.5, 0.6) is 11.5 Å². The summed E-state index contributed by atoms with van der Waals surface area (Å²) < 4.78 is 5.91. The Morgan fingerprint density at radius 1 is 0.732 bits per heavy atom. The molecular formula is C36H43ClN2O2. The fourth-order valence-corrected chi connectivity index (χ4v) is 5.86. The number of phenolic OH excluding ortho intramolecular Hbond substituents is 1. The number of phenols is 1. The molecule has 0 saturated carbocycles. The van der Waals surface area contributed by atoms with Crippen LogP contribution in [0.3, 0.4) is 0 Å². The van der Waals surface area contributed by atoms with E-state index in [9.17, 15) is 5.11 Å². The van der Waals surface area contributed by atoms with Crippen molar-refractivity contribution in [3.63, 3.8) is 0 Å². The molecule has 4 aromatic carbocycles. The van der Waals surface area contributed by atoms with Gasteiger partial charge >= 0.3 is 0 Å². The molecule has 216 valence electrons. The lowest BCUT2D eigenvalue weighted by Crippen LogP contribution is -2.18. The van der Waals surface area contributed by atoms with Gasteiger partial charge in [0, 0.05) is 25.1 Å². The molecule has 2 atom stereocenters. The first kappa shape index (κ1) is 30.6. The van der Waals surface area contributed by atoms with E-state index in [1.165, 1.54) is 33.4 Å². The van der Waals surface area contributed by atoms with Gasteiger partial charge in [-0.05, 0) is 89.3 Å². The number of nitrogens with one attached hydrogen (secondary N) is 2. The quantitative estimate of drug-likeness (QED) is 0.238. The van der Waals surface area contributed by atoms with Crippen LogP contribution in [0, 0.1) is 0 Å². The summed E-state index contributed by atoms with van der Waals surface area (Å²) in [6.07, 6.45) is 2.89. The zero-order valence-corrected chi connectivity index (χ0v) is 25.1. The summed E-state index contributed by atoms with van der Waals surface area (Å²) in [6.45, 7) is 9.29. The number of halogens is 1. The normalized spacial score (nSPS) is 17.8. The molecule has 5 heteroatoms. The van der Waals surface area contributed by atoms with E-state index < -0.39 is 0 Å². The zero-order valence-electron chi connectivity index (χ0n) is 24.2. The first-order valence-electron chi connectivity index (χ1n) is 14.7. The number of benzene rings is 4. The SMILES string of the molecule is C[C@@H]1CNCCc2c1ccc(O)c2Cc1ccccc1.C[C@@H]1CNCCc2cc(OCc3ccccc3)ccc21.Cl. The van der Waals surface area contributed by atoms with Crippen molar-refractivity contribution in [1.82, 2.24) is 10.6 Å². The smallest absolute Gasteiger partial charge is 0.120 e. The summed E-state index contributed by atoms with van der Waals surface area (Å²) in [6, 6.07) is 31.2. The Hall–Kier alpha value is -3.31. The molecule has 4 nitrogen and oxygen atoms in total. The molecule has 0 aliphatic carbocycles. The van der Waals surface area contributed by atoms with Crippen LogP contribution in [0.1, 0.15) is 64.6 Å². The minimum atomic E-state index is 0. The van der Waals surface area contributed by atoms with Crippen LogP contribution in [0.2, 0.25) is 0 Å². The van der Waals surface area contributed by atoms with E-state index in [0.717, 1.165) is 56.8 Å². The molecule has 0 fully saturated rings. The summed E-state index contributed by atoms with van der Waals surface area (Å²) in [5.74, 6) is 2.49. The standard InChI is InChI=1S/2C18H21NO.ClH/c1-14-12-19-10-9-16-11-17(7-8-18(14)16)20-13-15-5-3-2-4-6-15;1-13-12-19-10-9-16-15(13)7-8-18(20)17(16)11-14-5-3-2-4-6-14;/h2-8,11,14,19H,9-10,12-13H2,1H3;2-8,13,19-20H,9-12H2,1H3;1H/t14-;13-;/m11./s1. The van der Waals surface area contributed by atoms with Crippen molar-refractivity contribution >= 4 is 12.4 Å². The largest absolute Gasteiger partial charge is 0.508 e. The zero-order chi connectivity index (χ0) is 27.7. The average molecular weight is 571 g/mol. The van der Waals surface area contributed by atoms with Crippen LogP contribution in [-0.2, 0) is 25.9 Å². The molecule has 2 aliphatic heterocycles. The second kappa shape index (κ2) is 15.1. The highest BCUT2D eigenvalue weighted by molar-refractivity contribution is 5.85. The maximum absolute atomic E-state index is 10.3. The second-order valence-electron chi connectivity index (χ2n) is 11.1. The summed E-state index contributed by atoms with van der Waals surface area (Å²) >= 11 is 0. The summed E-state index contributed by atoms with van der Waals surface area (Å²) in [4.78, 5) is 0. The first-order valence-corrected chi connectivity index (χ1v) is 14.7. The number of rotatable bonds is 5. The lowest BCUT2D eigenvalue weighted by atomic mass is 9.88. The Morgan fingerprint density at radius 3 is 2.05 bits per heavy atom. The van der Waals surface area contributed by atoms with Gasteiger partial charge in [0.05, 0.1) is 0 Å². The number of hydrogen-bond donors (Lipinski definition) is 3. The van der Waals surface area contributed by atoms with Crippen molar-refractivity contribution in [1.29, 1.82) is 0 Å². The van der Waals surface area contributed by atoms with Crippen molar-refractivity contribution in [2.45, 2.75) is 51.6 Å². The van der Waals surface area contributed by atoms with E-state index in [-0.39, 0.29) is 12.4 Å². The number of fused-ring (bicyclic) bond motifs is 2. The van der Waals surface area contributed by atoms with E-state index in [0.29, 0.717) is 24.2 Å². The molecule has 0 saturated heterocycles. The molecule has 0 aromatic heterocycles. The van der Waals surface area contributed by atoms with Crippen LogP contribution < -0.4 is 15.4 Å². The number of hydrogen-bond acceptors (Lipinski definition) is 4. The van der Waals surface area contributed by atoms with Crippen LogP contribution >= 0.6 is 12.4 Å². The Balaban J connectivity index is 0.000000184. The minimum absolute atomic E-state index is 0. The van der Waals surface area contributed by atoms with Gasteiger partial charge in [-0.15, -0.1) is 12.4 Å². The molecule has 6 rings (SSSR count). The van der Waals surface area contributed by atoms with Crippen molar-refractivity contribution in [2.75, 3.05) is 26.2 Å². The highest BCUT2D eigenvalue weighted by atomic mass is 35.5. The molecule has 2 aliphatic rings. The topological polar surface area (TPSA) is 53.5 Å². The highest BCUT2D eigenvalue weighted by Gasteiger charge is 2.20. The van der Waals surface area contributed by atoms with Crippen molar-refractivity contribution in [2.24, 2.45) is 0 Å². The van der Waals surface area contributed by atoms with E-state index in [2.05, 4.69) is 85.1 Å². The predicted molar refractivity (Wildman–Crippen MR) is 172 cm³/mol. The van der Waals surface area contributed by atoms with Gasteiger partial charge < -0.3 is 20.5 Å². The fraction of sp³-hybridized carbons (Fsp3) is 0.333. The third-order valence-electron chi connectivity index (χ3n) is 8.11. The Morgan fingerprint density at radius 2 is 1.34 bits per heavy atom. The summed E-state index contributed by atoms with van der Waals surface area (Å²) in [7, 11) is 0. The van der Waals surface area contributed by atoms with E-state index in [1.54, 1.807) is 0 Å². The predicted octanol–water partition coefficient (Wildman–Crippen LogP) is 7.17. The highest BCUT2D eigenvalue weighted by Crippen LogP contribution is 2.32. The molecule has 41 heavy (non-hydrogen) atoms. The fourth-order valence-electron chi connectivity index (χ4n) is 5.86. The van der Waals surface area contributed by atoms with E-state index >= 15 is 0 Å². The Labute approximate surface area is 251 Å². The van der Waals surface area contributed by atoms with Gasteiger partial charge in [0.2, 0.25) is 0 Å². The minimum Gasteiger partial charge on any atom is -0.508 e. The summed E-state index contributed by atoms with van der Waals surface area (Å²) in [5.41, 5.74) is 9.17. The van der Waals surface area contributed by atoms with Crippen LogP contribution in [0.4, 0.5) is 0 Å². The van der Waals surface area contributed by atoms with Crippen molar-refractivity contribution in [3.8, 4) is 11.5 Å². The summed E-state index contributed by atoms with van der Waals surface area (Å²) in [5, 5.41) is 17.2. The van der Waals surface area contributed by atoms with Gasteiger partial charge in [-0.1, -0.05) is 86.6 Å². The third kappa shape index (κ3) is 8.13. The van der Waals surface area contributed by atoms with E-state index in [1.807, 2.05) is 30.3 Å². The van der Waals surface area contributed by atoms with Crippen LogP contribution in [-0.4, -0.2) is 31.3 Å². The first-order chi connectivity index (χ1) is 19.6. The molecule has 0 radical (unpaired) electrons. The van der Waals surface area contributed by atoms with Crippen LogP contribution in [0.25, 0.3) is 0 Å². The molecular weight excluding hydrogens is 528 g/mol. The lowest BCUT2D eigenvalue weighted by Gasteiger charge is -2.17. The van der Waals surface area contributed by atoms with Gasteiger partial charge in [0.15, 0.2) is 0 Å². The monoisotopic (exact) mass is 570 g/mol.